The van der Waals surface area contributed by atoms with Crippen LogP contribution in [0.4, 0.5) is 37.7 Å². The number of amides is 1. The molecule has 14 nitrogen and oxygen atoms in total. The van der Waals surface area contributed by atoms with Gasteiger partial charge in [0.1, 0.15) is 34.5 Å². The number of hydrogen-bond donors (Lipinski definition) is 4. The third-order valence-electron chi connectivity index (χ3n) is 11.6. The number of benzene rings is 4. The number of carboxylic acids is 1. The summed E-state index contributed by atoms with van der Waals surface area (Å²) in [6, 6.07) is 27.8. The fourth-order valence-corrected chi connectivity index (χ4v) is 7.83. The van der Waals surface area contributed by atoms with Gasteiger partial charge in [-0.25, -0.2) is 14.8 Å². The van der Waals surface area contributed by atoms with Crippen LogP contribution in [0, 0.1) is 13.8 Å². The Hall–Kier alpha value is -8.42. The summed E-state index contributed by atoms with van der Waals surface area (Å²) >= 11 is 0. The molecule has 1 aliphatic rings. The van der Waals surface area contributed by atoms with E-state index in [0.717, 1.165) is 24.0 Å². The Morgan fingerprint density at radius 3 is 1.45 bits per heavy atom. The highest BCUT2D eigenvalue weighted by molar-refractivity contribution is 5.96. The molecule has 4 N–H and O–H groups in total. The minimum absolute atomic E-state index is 0.0974. The van der Waals surface area contributed by atoms with Gasteiger partial charge < -0.3 is 40.0 Å². The fourth-order valence-electron chi connectivity index (χ4n) is 7.83. The summed E-state index contributed by atoms with van der Waals surface area (Å²) in [6.07, 6.45) is -1.95. The summed E-state index contributed by atoms with van der Waals surface area (Å²) in [5.41, 5.74) is 6.59. The Kier molecular flexibility index (Phi) is 15.0. The Labute approximate surface area is 414 Å². The van der Waals surface area contributed by atoms with Crippen LogP contribution in [-0.2, 0) is 0 Å². The number of rotatable bonds is 17. The lowest BCUT2D eigenvalue weighted by Gasteiger charge is -2.14. The number of alkyl halides is 6. The summed E-state index contributed by atoms with van der Waals surface area (Å²) in [6.45, 7) is 2.91. The van der Waals surface area contributed by atoms with Gasteiger partial charge in [-0.2, -0.15) is 26.3 Å². The number of ether oxygens (including phenoxy) is 4. The second kappa shape index (κ2) is 21.5. The lowest BCUT2D eigenvalue weighted by Crippen LogP contribution is -2.26. The van der Waals surface area contributed by atoms with Gasteiger partial charge in [0, 0.05) is 60.1 Å². The Morgan fingerprint density at radius 1 is 0.616 bits per heavy atom. The van der Waals surface area contributed by atoms with E-state index in [4.69, 9.17) is 18.9 Å². The molecule has 0 atom stereocenters. The topological polar surface area (TPSA) is 162 Å². The van der Waals surface area contributed by atoms with Crippen LogP contribution in [0.25, 0.3) is 33.8 Å². The molecular weight excluding hydrogens is 961 g/mol. The highest BCUT2D eigenvalue weighted by Crippen LogP contribution is 2.36. The molecule has 1 saturated carbocycles. The van der Waals surface area contributed by atoms with Crippen LogP contribution < -0.4 is 34.9 Å². The first kappa shape index (κ1) is 51.0. The first-order valence-corrected chi connectivity index (χ1v) is 22.9. The summed E-state index contributed by atoms with van der Waals surface area (Å²) < 4.78 is 103. The van der Waals surface area contributed by atoms with Crippen molar-refractivity contribution in [3.8, 4) is 57.0 Å². The van der Waals surface area contributed by atoms with Crippen molar-refractivity contribution in [1.82, 2.24) is 24.1 Å². The second-order valence-corrected chi connectivity index (χ2v) is 17.1. The molecular formula is C53H49F6N7O7. The van der Waals surface area contributed by atoms with Crippen molar-refractivity contribution >= 4 is 34.5 Å². The second-order valence-electron chi connectivity index (χ2n) is 17.1. The molecule has 1 aliphatic carbocycles. The van der Waals surface area contributed by atoms with Gasteiger partial charge in [0.05, 0.1) is 80.2 Å². The number of aromatic carboxylic acids is 1. The van der Waals surface area contributed by atoms with E-state index in [1.807, 2.05) is 19.1 Å². The Balaban J connectivity index is 0.000000196. The van der Waals surface area contributed by atoms with Gasteiger partial charge in [-0.05, 0) is 86.3 Å². The molecule has 8 aromatic rings. The first-order chi connectivity index (χ1) is 34.8. The molecule has 20 heteroatoms. The van der Waals surface area contributed by atoms with Crippen molar-refractivity contribution in [3.05, 3.63) is 144 Å². The quantitative estimate of drug-likeness (QED) is 0.0642. The number of carbonyl (C=O) groups excluding carboxylic acids is 1. The molecule has 0 aliphatic heterocycles. The monoisotopic (exact) mass is 1010 g/mol. The highest BCUT2D eigenvalue weighted by atomic mass is 19.4. The third kappa shape index (κ3) is 12.9. The number of pyridine rings is 2. The molecule has 0 saturated heterocycles. The van der Waals surface area contributed by atoms with Gasteiger partial charge in [0.15, 0.2) is 11.3 Å². The lowest BCUT2D eigenvalue weighted by molar-refractivity contribution is -0.132. The van der Waals surface area contributed by atoms with Gasteiger partial charge in [-0.1, -0.05) is 24.3 Å². The number of hydrogen-bond acceptors (Lipinski definition) is 10. The molecule has 0 spiro atoms. The third-order valence-corrected chi connectivity index (χ3v) is 11.6. The van der Waals surface area contributed by atoms with E-state index in [0.29, 0.717) is 85.2 Å². The van der Waals surface area contributed by atoms with Crippen molar-refractivity contribution in [2.75, 3.05) is 37.9 Å². The predicted molar refractivity (Wildman–Crippen MR) is 263 cm³/mol. The van der Waals surface area contributed by atoms with Crippen LogP contribution in [0.2, 0.25) is 0 Å². The maximum absolute atomic E-state index is 12.8. The van der Waals surface area contributed by atoms with Gasteiger partial charge in [0.2, 0.25) is 0 Å². The number of aromatic nitrogens is 4. The maximum atomic E-state index is 12.8. The van der Waals surface area contributed by atoms with E-state index in [1.165, 1.54) is 13.2 Å². The van der Waals surface area contributed by atoms with Crippen molar-refractivity contribution in [2.24, 2.45) is 0 Å². The van der Waals surface area contributed by atoms with Gasteiger partial charge in [-0.3, -0.25) is 13.6 Å². The maximum Gasteiger partial charge on any atom is 0.390 e. The van der Waals surface area contributed by atoms with Crippen molar-refractivity contribution < 1.29 is 60.0 Å². The van der Waals surface area contributed by atoms with E-state index in [9.17, 15) is 41.0 Å². The molecule has 1 amide bonds. The van der Waals surface area contributed by atoms with E-state index < -0.39 is 31.2 Å². The Morgan fingerprint density at radius 2 is 1.05 bits per heavy atom. The highest BCUT2D eigenvalue weighted by Gasteiger charge is 2.28. The summed E-state index contributed by atoms with van der Waals surface area (Å²) in [7, 11) is 3.08. The van der Waals surface area contributed by atoms with Gasteiger partial charge in [0.25, 0.3) is 5.91 Å². The predicted octanol–water partition coefficient (Wildman–Crippen LogP) is 12.5. The van der Waals surface area contributed by atoms with Crippen LogP contribution in [0.5, 0.6) is 34.5 Å². The summed E-state index contributed by atoms with van der Waals surface area (Å²) in [4.78, 5) is 32.8. The first-order valence-electron chi connectivity index (χ1n) is 22.9. The van der Waals surface area contributed by atoms with E-state index in [1.54, 1.807) is 126 Å². The van der Waals surface area contributed by atoms with Gasteiger partial charge in [-0.15, -0.1) is 0 Å². The molecule has 4 aromatic heterocycles. The van der Waals surface area contributed by atoms with Crippen molar-refractivity contribution in [1.29, 1.82) is 0 Å². The van der Waals surface area contributed by atoms with E-state index in [2.05, 4.69) is 25.9 Å². The minimum Gasteiger partial charge on any atom is -0.497 e. The molecule has 1 fully saturated rings. The number of fused-ring (bicyclic) bond motifs is 2. The number of methoxy groups -OCH3 is 2. The number of aryl methyl sites for hydroxylation is 2. The zero-order valence-electron chi connectivity index (χ0n) is 39.8. The molecule has 0 radical (unpaired) electrons. The zero-order valence-corrected chi connectivity index (χ0v) is 39.8. The average molecular weight is 1010 g/mol. The van der Waals surface area contributed by atoms with Crippen molar-refractivity contribution in [3.63, 3.8) is 0 Å². The van der Waals surface area contributed by atoms with Gasteiger partial charge >= 0.3 is 18.3 Å². The molecule has 0 bridgehead atoms. The number of imidazole rings is 2. The lowest BCUT2D eigenvalue weighted by atomic mass is 10.0. The summed E-state index contributed by atoms with van der Waals surface area (Å²) in [5.74, 6) is 1.81. The standard InChI is InChI=1S/C28H27F3N4O3.C25H22F3N3O4/c1-17-12-18(6-9-23(17)27(36)34-19-7-8-19)25-15-33-26-24(32-11-10-28(29,30)31)14-22(16-35(25)26)38-21-5-3-4-20(13-21)37-2;1-15-10-16(6-7-20(15)24(32)33)22-13-30-23-21(29-9-8-25(26,27)28)12-19(14-31(22)23)35-18-5-3-4-17(11-18)34-2/h3-6,9,12-16,19,32H,7-8,10-11H2,1-2H3,(H,34,36);3-7,10-14,29H,8-9H2,1-2H3,(H,32,33). The molecule has 4 heterocycles. The normalized spacial score (nSPS) is 12.5. The number of carboxylic acid groups (broad SMARTS) is 1. The number of anilines is 2. The van der Waals surface area contributed by atoms with Crippen LogP contribution in [0.3, 0.4) is 0 Å². The molecule has 380 valence electrons. The SMILES string of the molecule is COc1cccc(Oc2cc(NCCC(F)(F)F)c3ncc(-c4ccc(C(=O)NC5CC5)c(C)c4)n3c2)c1.COc1cccc(Oc2cc(NCCC(F)(F)F)c3ncc(-c4ccc(C(=O)O)c(C)c4)n3c2)c1. The van der Waals surface area contributed by atoms with Crippen LogP contribution in [-0.4, -0.2) is 81.5 Å². The zero-order chi connectivity index (χ0) is 52.0. The molecule has 9 rings (SSSR count). The van der Waals surface area contributed by atoms with E-state index >= 15 is 0 Å². The largest absolute Gasteiger partial charge is 0.497 e. The molecule has 0 unspecified atom stereocenters. The molecule has 4 aromatic carbocycles. The fraction of sp³-hybridized carbons (Fsp3) is 0.245. The number of halogens is 6. The Bertz CT molecular complexity index is 3290. The minimum atomic E-state index is -4.30. The van der Waals surface area contributed by atoms with Crippen LogP contribution in [0.1, 0.15) is 57.5 Å². The number of carbonyl (C=O) groups is 2. The molecule has 73 heavy (non-hydrogen) atoms. The van der Waals surface area contributed by atoms with Crippen LogP contribution >= 0.6 is 0 Å². The number of nitrogens with zero attached hydrogens (tertiary/aromatic N) is 4. The smallest absolute Gasteiger partial charge is 0.390 e. The number of nitrogens with one attached hydrogen (secondary N) is 3. The van der Waals surface area contributed by atoms with Crippen LogP contribution in [0.15, 0.2) is 122 Å². The average Bonchev–Trinajstić information content (AvgIpc) is 3.88. The van der Waals surface area contributed by atoms with E-state index in [-0.39, 0.29) is 30.6 Å². The summed E-state index contributed by atoms with van der Waals surface area (Å²) in [5, 5.41) is 18.0. The van der Waals surface area contributed by atoms with Crippen molar-refractivity contribution in [2.45, 2.75) is 57.9 Å².